The summed E-state index contributed by atoms with van der Waals surface area (Å²) in [6.07, 6.45) is 0.483. The number of aromatic nitrogens is 1. The maximum atomic E-state index is 12.3. The van der Waals surface area contributed by atoms with Crippen LogP contribution in [0.3, 0.4) is 0 Å². The molecule has 1 heterocycles. The van der Waals surface area contributed by atoms with Gasteiger partial charge in [0.05, 0.1) is 17.7 Å². The largest absolute Gasteiger partial charge is 0.495 e. The van der Waals surface area contributed by atoms with Crippen molar-refractivity contribution in [1.29, 1.82) is 0 Å². The number of non-ortho nitro benzene ring substituents is 1. The molecule has 0 aliphatic rings. The highest BCUT2D eigenvalue weighted by Gasteiger charge is 2.22. The van der Waals surface area contributed by atoms with E-state index < -0.39 is 22.9 Å². The molecule has 2 rings (SSSR count). The highest BCUT2D eigenvalue weighted by molar-refractivity contribution is 7.13. The Hall–Kier alpha value is -3.47. The first kappa shape index (κ1) is 20.8. The van der Waals surface area contributed by atoms with Crippen LogP contribution in [0, 0.1) is 10.1 Å². The lowest BCUT2D eigenvalue weighted by atomic mass is 10.2. The lowest BCUT2D eigenvalue weighted by molar-refractivity contribution is -0.384. The van der Waals surface area contributed by atoms with E-state index in [-0.39, 0.29) is 22.8 Å². The Bertz CT molecular complexity index is 898. The van der Waals surface area contributed by atoms with Gasteiger partial charge in [0.15, 0.2) is 16.9 Å². The molecule has 0 saturated carbocycles. The Morgan fingerprint density at radius 1 is 1.46 bits per heavy atom. The van der Waals surface area contributed by atoms with Crippen LogP contribution in [0.15, 0.2) is 36.2 Å². The third-order valence-corrected chi connectivity index (χ3v) is 4.22. The molecule has 11 heteroatoms. The van der Waals surface area contributed by atoms with E-state index in [0.29, 0.717) is 11.7 Å². The second-order valence-corrected chi connectivity index (χ2v) is 6.24. The first-order valence-electron chi connectivity index (χ1n) is 8.00. The van der Waals surface area contributed by atoms with Gasteiger partial charge in [-0.05, 0) is 13.0 Å². The number of nitrogens with zero attached hydrogens (tertiary/aromatic N) is 2. The van der Waals surface area contributed by atoms with Crippen LogP contribution in [0.4, 0.5) is 16.5 Å². The van der Waals surface area contributed by atoms with Crippen LogP contribution in [0.2, 0.25) is 0 Å². The molecule has 0 saturated heterocycles. The summed E-state index contributed by atoms with van der Waals surface area (Å²) < 4.78 is 10.2. The van der Waals surface area contributed by atoms with Crippen LogP contribution >= 0.6 is 11.3 Å². The van der Waals surface area contributed by atoms with Crippen LogP contribution in [-0.4, -0.2) is 41.5 Å². The number of carbonyl (C=O) groups is 2. The average Bonchev–Trinajstić information content (AvgIpc) is 3.15. The maximum Gasteiger partial charge on any atom is 0.358 e. The zero-order valence-corrected chi connectivity index (χ0v) is 15.9. The van der Waals surface area contributed by atoms with Crippen LogP contribution < -0.4 is 15.4 Å². The summed E-state index contributed by atoms with van der Waals surface area (Å²) >= 11 is 1.21. The SMILES string of the molecule is C=CCNc1nc(C(=O)O[C@H](C)C(=O)Nc2cc([N+](=O)[O-])ccc2OC)cs1. The lowest BCUT2D eigenvalue weighted by Gasteiger charge is -2.14. The number of methoxy groups -OCH3 is 1. The number of nitro benzene ring substituents is 1. The summed E-state index contributed by atoms with van der Waals surface area (Å²) in [5, 5.41) is 18.3. The molecule has 0 bridgehead atoms. The molecule has 0 aliphatic heterocycles. The normalized spacial score (nSPS) is 11.2. The number of carbonyl (C=O) groups excluding carboxylic acids is 2. The second-order valence-electron chi connectivity index (χ2n) is 5.39. The van der Waals surface area contributed by atoms with Gasteiger partial charge < -0.3 is 20.1 Å². The summed E-state index contributed by atoms with van der Waals surface area (Å²) in [7, 11) is 1.36. The van der Waals surface area contributed by atoms with E-state index in [1.165, 1.54) is 42.9 Å². The number of amides is 1. The zero-order chi connectivity index (χ0) is 20.7. The number of esters is 1. The van der Waals surface area contributed by atoms with E-state index >= 15 is 0 Å². The molecule has 0 radical (unpaired) electrons. The van der Waals surface area contributed by atoms with Gasteiger partial charge in [-0.25, -0.2) is 9.78 Å². The smallest absolute Gasteiger partial charge is 0.358 e. The monoisotopic (exact) mass is 406 g/mol. The van der Waals surface area contributed by atoms with Crippen LogP contribution in [0.5, 0.6) is 5.75 Å². The number of anilines is 2. The standard InChI is InChI=1S/C17H18N4O6S/c1-4-7-18-17-20-13(9-28-17)16(23)27-10(2)15(22)19-12-8-11(21(24)25)5-6-14(12)26-3/h4-6,8-10H,1,7H2,2-3H3,(H,18,20)(H,19,22)/t10-/m1/s1. The third-order valence-electron chi connectivity index (χ3n) is 3.42. The fraction of sp³-hybridized carbons (Fsp3) is 0.235. The Kier molecular flexibility index (Phi) is 7.04. The minimum Gasteiger partial charge on any atom is -0.495 e. The van der Waals surface area contributed by atoms with E-state index in [0.717, 1.165) is 6.07 Å². The van der Waals surface area contributed by atoms with Crippen LogP contribution in [-0.2, 0) is 9.53 Å². The molecule has 0 aliphatic carbocycles. The molecule has 1 atom stereocenters. The predicted octanol–water partition coefficient (Wildman–Crippen LogP) is 2.84. The van der Waals surface area contributed by atoms with Gasteiger partial charge >= 0.3 is 5.97 Å². The number of nitro groups is 1. The number of rotatable bonds is 9. The Labute approximate surface area is 164 Å². The minimum absolute atomic E-state index is 0.0594. The summed E-state index contributed by atoms with van der Waals surface area (Å²) in [4.78, 5) is 38.8. The minimum atomic E-state index is -1.16. The van der Waals surface area contributed by atoms with Crippen LogP contribution in [0.1, 0.15) is 17.4 Å². The molecule has 148 valence electrons. The van der Waals surface area contributed by atoms with E-state index in [1.807, 2.05) is 0 Å². The number of ether oxygens (including phenoxy) is 2. The average molecular weight is 406 g/mol. The van der Waals surface area contributed by atoms with Crippen molar-refractivity contribution in [3.05, 3.63) is 52.0 Å². The van der Waals surface area contributed by atoms with Gasteiger partial charge in [-0.2, -0.15) is 0 Å². The highest BCUT2D eigenvalue weighted by atomic mass is 32.1. The van der Waals surface area contributed by atoms with Crippen molar-refractivity contribution in [2.24, 2.45) is 0 Å². The first-order chi connectivity index (χ1) is 13.3. The first-order valence-corrected chi connectivity index (χ1v) is 8.88. The molecule has 2 aromatic rings. The lowest BCUT2D eigenvalue weighted by Crippen LogP contribution is -2.30. The van der Waals surface area contributed by atoms with E-state index in [4.69, 9.17) is 9.47 Å². The van der Waals surface area contributed by atoms with Gasteiger partial charge in [-0.15, -0.1) is 17.9 Å². The highest BCUT2D eigenvalue weighted by Crippen LogP contribution is 2.29. The van der Waals surface area contributed by atoms with Gasteiger partial charge in [0.25, 0.3) is 11.6 Å². The fourth-order valence-corrected chi connectivity index (χ4v) is 2.71. The number of benzene rings is 1. The van der Waals surface area contributed by atoms with Gasteiger partial charge in [0, 0.05) is 24.1 Å². The predicted molar refractivity (Wildman–Crippen MR) is 104 cm³/mol. The molecule has 1 aromatic carbocycles. The zero-order valence-electron chi connectivity index (χ0n) is 15.1. The molecule has 0 spiro atoms. The van der Waals surface area contributed by atoms with Gasteiger partial charge in [-0.3, -0.25) is 14.9 Å². The molecular formula is C17H18N4O6S. The van der Waals surface area contributed by atoms with Crippen molar-refractivity contribution in [2.45, 2.75) is 13.0 Å². The molecular weight excluding hydrogens is 388 g/mol. The summed E-state index contributed by atoms with van der Waals surface area (Å²) in [5.41, 5.74) is -0.0684. The van der Waals surface area contributed by atoms with Crippen molar-refractivity contribution in [1.82, 2.24) is 4.98 Å². The van der Waals surface area contributed by atoms with Crippen molar-refractivity contribution >= 4 is 39.7 Å². The maximum absolute atomic E-state index is 12.3. The summed E-state index contributed by atoms with van der Waals surface area (Å²) in [6.45, 7) is 5.44. The van der Waals surface area contributed by atoms with E-state index in [9.17, 15) is 19.7 Å². The topological polar surface area (TPSA) is 133 Å². The Morgan fingerprint density at radius 2 is 2.21 bits per heavy atom. The van der Waals surface area contributed by atoms with Crippen LogP contribution in [0.25, 0.3) is 0 Å². The molecule has 0 fully saturated rings. The fourth-order valence-electron chi connectivity index (χ4n) is 2.02. The molecule has 10 nitrogen and oxygen atoms in total. The molecule has 2 N–H and O–H groups in total. The second kappa shape index (κ2) is 9.46. The van der Waals surface area contributed by atoms with Crippen molar-refractivity contribution in [3.8, 4) is 5.75 Å². The third kappa shape index (κ3) is 5.27. The number of nitrogens with one attached hydrogen (secondary N) is 2. The molecule has 0 unspecified atom stereocenters. The summed E-state index contributed by atoms with van der Waals surface area (Å²) in [6, 6.07) is 3.76. The van der Waals surface area contributed by atoms with Gasteiger partial charge in [-0.1, -0.05) is 6.08 Å². The molecule has 1 amide bonds. The van der Waals surface area contributed by atoms with E-state index in [1.54, 1.807) is 6.08 Å². The molecule has 1 aromatic heterocycles. The number of hydrogen-bond acceptors (Lipinski definition) is 9. The molecule has 28 heavy (non-hydrogen) atoms. The number of hydrogen-bond donors (Lipinski definition) is 2. The van der Waals surface area contributed by atoms with Crippen molar-refractivity contribution in [2.75, 3.05) is 24.3 Å². The van der Waals surface area contributed by atoms with Crippen molar-refractivity contribution in [3.63, 3.8) is 0 Å². The van der Waals surface area contributed by atoms with Gasteiger partial charge in [0.1, 0.15) is 5.75 Å². The quantitative estimate of drug-likeness (QED) is 0.281. The Morgan fingerprint density at radius 3 is 2.86 bits per heavy atom. The summed E-state index contributed by atoms with van der Waals surface area (Å²) in [5.74, 6) is -1.21. The van der Waals surface area contributed by atoms with E-state index in [2.05, 4.69) is 22.2 Å². The number of thiazole rings is 1. The Balaban J connectivity index is 2.03. The van der Waals surface area contributed by atoms with Gasteiger partial charge in [0.2, 0.25) is 0 Å². The van der Waals surface area contributed by atoms with Crippen molar-refractivity contribution < 1.29 is 24.0 Å².